The number of rotatable bonds is 8. The lowest BCUT2D eigenvalue weighted by Crippen LogP contribution is -2.43. The summed E-state index contributed by atoms with van der Waals surface area (Å²) in [5.41, 5.74) is -0.404. The summed E-state index contributed by atoms with van der Waals surface area (Å²) < 4.78 is 10.3. The van der Waals surface area contributed by atoms with Crippen LogP contribution < -0.4 is 5.32 Å². The van der Waals surface area contributed by atoms with Crippen LogP contribution in [0.1, 0.15) is 20.8 Å². The van der Waals surface area contributed by atoms with E-state index in [1.165, 1.54) is 0 Å². The van der Waals surface area contributed by atoms with Crippen molar-refractivity contribution in [2.45, 2.75) is 38.5 Å². The molecule has 0 radical (unpaired) electrons. The van der Waals surface area contributed by atoms with E-state index in [9.17, 15) is 5.11 Å². The van der Waals surface area contributed by atoms with Gasteiger partial charge in [0.1, 0.15) is 0 Å². The van der Waals surface area contributed by atoms with E-state index in [1.807, 2.05) is 20.8 Å². The minimum absolute atomic E-state index is 0.0136. The lowest BCUT2D eigenvalue weighted by Gasteiger charge is -2.22. The number of aliphatic hydroxyl groups excluding tert-OH is 1. The lowest BCUT2D eigenvalue weighted by molar-refractivity contribution is -0.0318. The molecule has 0 bridgehead atoms. The quantitative estimate of drug-likeness (QED) is 0.592. The number of hydrogen-bond acceptors (Lipinski definition) is 4. The van der Waals surface area contributed by atoms with Gasteiger partial charge in [0.15, 0.2) is 0 Å². The fraction of sp³-hybridized carbons (Fsp3) is 0.833. The molecule has 0 heterocycles. The molecule has 0 aromatic rings. The van der Waals surface area contributed by atoms with Gasteiger partial charge in [0.2, 0.25) is 0 Å². The Morgan fingerprint density at radius 1 is 1.44 bits per heavy atom. The van der Waals surface area contributed by atoms with Crippen molar-refractivity contribution in [3.05, 3.63) is 0 Å². The number of methoxy groups -OCH3 is 1. The molecule has 0 saturated carbocycles. The van der Waals surface area contributed by atoms with Crippen LogP contribution >= 0.6 is 0 Å². The monoisotopic (exact) mass is 229 g/mol. The minimum atomic E-state index is -0.563. The first kappa shape index (κ1) is 15.4. The first-order valence-electron chi connectivity index (χ1n) is 5.42. The zero-order chi connectivity index (χ0) is 12.6. The van der Waals surface area contributed by atoms with Crippen LogP contribution in [0.4, 0.5) is 0 Å². The predicted octanol–water partition coefficient (Wildman–Crippen LogP) is 0.400. The standard InChI is InChI=1S/C12H23NO3/c1-6-12(3,4)13-7-11(14)9-16-10(2)8-15-5/h1,10-11,13-14H,7-9H2,2-5H3. The van der Waals surface area contributed by atoms with Crippen LogP contribution in [0.15, 0.2) is 0 Å². The molecular formula is C12H23NO3. The largest absolute Gasteiger partial charge is 0.389 e. The minimum Gasteiger partial charge on any atom is -0.389 e. The topological polar surface area (TPSA) is 50.7 Å². The Morgan fingerprint density at radius 3 is 2.56 bits per heavy atom. The van der Waals surface area contributed by atoms with Crippen LogP contribution in [0.25, 0.3) is 0 Å². The zero-order valence-corrected chi connectivity index (χ0v) is 10.6. The van der Waals surface area contributed by atoms with Crippen LogP contribution in [0.2, 0.25) is 0 Å². The Kier molecular flexibility index (Phi) is 7.35. The maximum Gasteiger partial charge on any atom is 0.0898 e. The number of β-amino-alcohol motifs (C(OH)–C–C–N with tert-alkyl or cyclic N) is 1. The predicted molar refractivity (Wildman–Crippen MR) is 64.2 cm³/mol. The molecule has 94 valence electrons. The molecule has 4 heteroatoms. The maximum absolute atomic E-state index is 9.63. The molecule has 0 aromatic carbocycles. The van der Waals surface area contributed by atoms with E-state index >= 15 is 0 Å². The van der Waals surface area contributed by atoms with Gasteiger partial charge in [-0.1, -0.05) is 5.92 Å². The van der Waals surface area contributed by atoms with Gasteiger partial charge in [-0.15, -0.1) is 6.42 Å². The average Bonchev–Trinajstić information content (AvgIpc) is 2.24. The van der Waals surface area contributed by atoms with Crippen LogP contribution in [-0.4, -0.2) is 49.7 Å². The second-order valence-electron chi connectivity index (χ2n) is 4.40. The maximum atomic E-state index is 9.63. The Morgan fingerprint density at radius 2 is 2.06 bits per heavy atom. The van der Waals surface area contributed by atoms with Gasteiger partial charge in [0, 0.05) is 13.7 Å². The number of hydrogen-bond donors (Lipinski definition) is 2. The van der Waals surface area contributed by atoms with Gasteiger partial charge in [-0.3, -0.25) is 5.32 Å². The van der Waals surface area contributed by atoms with Crippen molar-refractivity contribution in [1.82, 2.24) is 5.32 Å². The summed E-state index contributed by atoms with van der Waals surface area (Å²) in [4.78, 5) is 0. The molecule has 2 N–H and O–H groups in total. The van der Waals surface area contributed by atoms with E-state index in [4.69, 9.17) is 15.9 Å². The number of aliphatic hydroxyl groups is 1. The molecule has 4 nitrogen and oxygen atoms in total. The van der Waals surface area contributed by atoms with E-state index in [0.717, 1.165) is 0 Å². The van der Waals surface area contributed by atoms with Crippen molar-refractivity contribution in [3.8, 4) is 12.3 Å². The summed E-state index contributed by atoms with van der Waals surface area (Å²) in [6.07, 6.45) is 4.74. The fourth-order valence-corrected chi connectivity index (χ4v) is 1.04. The third-order valence-electron chi connectivity index (χ3n) is 2.11. The van der Waals surface area contributed by atoms with E-state index in [2.05, 4.69) is 11.2 Å². The molecule has 0 aromatic heterocycles. The van der Waals surface area contributed by atoms with Crippen LogP contribution in [0, 0.1) is 12.3 Å². The van der Waals surface area contributed by atoms with Crippen molar-refractivity contribution in [2.24, 2.45) is 0 Å². The van der Waals surface area contributed by atoms with Crippen LogP contribution in [-0.2, 0) is 9.47 Å². The van der Waals surface area contributed by atoms with Crippen molar-refractivity contribution < 1.29 is 14.6 Å². The second kappa shape index (κ2) is 7.64. The van der Waals surface area contributed by atoms with Gasteiger partial charge < -0.3 is 14.6 Å². The molecule has 2 atom stereocenters. The van der Waals surface area contributed by atoms with Crippen LogP contribution in [0.5, 0.6) is 0 Å². The number of ether oxygens (including phenoxy) is 2. The summed E-state index contributed by atoms with van der Waals surface area (Å²) in [6.45, 7) is 6.88. The summed E-state index contributed by atoms with van der Waals surface area (Å²) >= 11 is 0. The highest BCUT2D eigenvalue weighted by Gasteiger charge is 2.15. The average molecular weight is 229 g/mol. The molecule has 0 aliphatic carbocycles. The highest BCUT2D eigenvalue weighted by Crippen LogP contribution is 1.99. The Bertz CT molecular complexity index is 223. The van der Waals surface area contributed by atoms with Crippen LogP contribution in [0.3, 0.4) is 0 Å². The molecule has 0 fully saturated rings. The molecule has 0 aliphatic rings. The Hall–Kier alpha value is -0.600. The SMILES string of the molecule is C#CC(C)(C)NCC(O)COC(C)COC. The molecule has 0 spiro atoms. The summed E-state index contributed by atoms with van der Waals surface area (Å²) in [7, 11) is 1.62. The van der Waals surface area contributed by atoms with Gasteiger partial charge in [0.25, 0.3) is 0 Å². The summed E-state index contributed by atoms with van der Waals surface area (Å²) in [5.74, 6) is 2.60. The lowest BCUT2D eigenvalue weighted by atomic mass is 10.1. The molecule has 0 saturated heterocycles. The Labute approximate surface area is 98.3 Å². The Balaban J connectivity index is 3.67. The van der Waals surface area contributed by atoms with Gasteiger partial charge in [0.05, 0.1) is 31.0 Å². The molecule has 0 amide bonds. The van der Waals surface area contributed by atoms with Crippen molar-refractivity contribution in [3.63, 3.8) is 0 Å². The molecule has 0 rings (SSSR count). The van der Waals surface area contributed by atoms with Gasteiger partial charge in [-0.25, -0.2) is 0 Å². The molecular weight excluding hydrogens is 206 g/mol. The van der Waals surface area contributed by atoms with E-state index < -0.39 is 11.6 Å². The normalized spacial score (nSPS) is 15.5. The second-order valence-corrected chi connectivity index (χ2v) is 4.40. The van der Waals surface area contributed by atoms with E-state index in [-0.39, 0.29) is 12.7 Å². The number of nitrogens with one attached hydrogen (secondary N) is 1. The highest BCUT2D eigenvalue weighted by molar-refractivity contribution is 5.07. The first-order valence-corrected chi connectivity index (χ1v) is 5.42. The molecule has 2 unspecified atom stereocenters. The smallest absolute Gasteiger partial charge is 0.0898 e. The molecule has 16 heavy (non-hydrogen) atoms. The summed E-state index contributed by atoms with van der Waals surface area (Å²) in [6, 6.07) is 0. The zero-order valence-electron chi connectivity index (χ0n) is 10.6. The van der Waals surface area contributed by atoms with Crippen molar-refractivity contribution >= 4 is 0 Å². The van der Waals surface area contributed by atoms with E-state index in [1.54, 1.807) is 7.11 Å². The third kappa shape index (κ3) is 7.66. The van der Waals surface area contributed by atoms with E-state index in [0.29, 0.717) is 13.2 Å². The number of terminal acetylenes is 1. The van der Waals surface area contributed by atoms with Crippen molar-refractivity contribution in [2.75, 3.05) is 26.9 Å². The van der Waals surface area contributed by atoms with Crippen molar-refractivity contribution in [1.29, 1.82) is 0 Å². The van der Waals surface area contributed by atoms with Gasteiger partial charge >= 0.3 is 0 Å². The first-order chi connectivity index (χ1) is 7.41. The summed E-state index contributed by atoms with van der Waals surface area (Å²) in [5, 5.41) is 12.7. The van der Waals surface area contributed by atoms with Gasteiger partial charge in [-0.05, 0) is 20.8 Å². The highest BCUT2D eigenvalue weighted by atomic mass is 16.5. The third-order valence-corrected chi connectivity index (χ3v) is 2.11. The van der Waals surface area contributed by atoms with Gasteiger partial charge in [-0.2, -0.15) is 0 Å². The fourth-order valence-electron chi connectivity index (χ4n) is 1.04. The molecule has 0 aliphatic heterocycles.